The molecular weight excluding hydrogens is 319 g/mol. The molecule has 0 radical (unpaired) electrons. The summed E-state index contributed by atoms with van der Waals surface area (Å²) in [5, 5.41) is 3.81. The van der Waals surface area contributed by atoms with Crippen LogP contribution in [-0.4, -0.2) is 19.7 Å². The minimum absolute atomic E-state index is 0.0571. The van der Waals surface area contributed by atoms with Crippen molar-refractivity contribution >= 4 is 0 Å². The molecule has 0 bridgehead atoms. The third-order valence-corrected chi connectivity index (χ3v) is 3.03. The average Bonchev–Trinajstić information content (AvgIpc) is 2.96. The van der Waals surface area contributed by atoms with Crippen molar-refractivity contribution in [2.24, 2.45) is 0 Å². The first-order valence-electron chi connectivity index (χ1n) is 6.24. The first-order chi connectivity index (χ1) is 10.9. The van der Waals surface area contributed by atoms with Crippen LogP contribution in [0.1, 0.15) is 5.69 Å². The highest BCUT2D eigenvalue weighted by molar-refractivity contribution is 5.64. The van der Waals surface area contributed by atoms with Crippen LogP contribution in [-0.2, 0) is 6.18 Å². The standard InChI is InChI=1S/C14H7F5N4/c15-9-1-2-12(11(16)3-9)23-6-8(4-22-23)10-5-20-7-21-13(10)14(17,18)19/h1-7H. The van der Waals surface area contributed by atoms with Gasteiger partial charge >= 0.3 is 6.18 Å². The largest absolute Gasteiger partial charge is 0.434 e. The second kappa shape index (κ2) is 5.41. The Hall–Kier alpha value is -2.84. The number of aromatic nitrogens is 4. The van der Waals surface area contributed by atoms with Gasteiger partial charge in [-0.2, -0.15) is 18.3 Å². The Morgan fingerprint density at radius 3 is 2.52 bits per heavy atom. The van der Waals surface area contributed by atoms with Gasteiger partial charge in [0.1, 0.15) is 17.8 Å². The van der Waals surface area contributed by atoms with Crippen LogP contribution in [0.2, 0.25) is 0 Å². The molecule has 9 heteroatoms. The lowest BCUT2D eigenvalue weighted by Crippen LogP contribution is -2.10. The second-order valence-corrected chi connectivity index (χ2v) is 4.55. The number of halogens is 5. The molecule has 0 atom stereocenters. The Balaban J connectivity index is 2.07. The van der Waals surface area contributed by atoms with Crippen molar-refractivity contribution in [3.05, 3.63) is 60.4 Å². The Morgan fingerprint density at radius 1 is 1.04 bits per heavy atom. The first-order valence-corrected chi connectivity index (χ1v) is 6.24. The quantitative estimate of drug-likeness (QED) is 0.676. The molecule has 4 nitrogen and oxygen atoms in total. The van der Waals surface area contributed by atoms with Gasteiger partial charge in [-0.05, 0) is 12.1 Å². The maximum absolute atomic E-state index is 13.7. The Bertz CT molecular complexity index is 856. The third-order valence-electron chi connectivity index (χ3n) is 3.03. The van der Waals surface area contributed by atoms with Crippen LogP contribution in [0.15, 0.2) is 43.1 Å². The fourth-order valence-corrected chi connectivity index (χ4v) is 2.03. The molecule has 3 rings (SSSR count). The van der Waals surface area contributed by atoms with E-state index in [4.69, 9.17) is 0 Å². The predicted octanol–water partition coefficient (Wildman–Crippen LogP) is 3.63. The highest BCUT2D eigenvalue weighted by Crippen LogP contribution is 2.34. The summed E-state index contributed by atoms with van der Waals surface area (Å²) >= 11 is 0. The van der Waals surface area contributed by atoms with Gasteiger partial charge in [-0.1, -0.05) is 0 Å². The molecule has 0 unspecified atom stereocenters. The lowest BCUT2D eigenvalue weighted by atomic mass is 10.1. The maximum atomic E-state index is 13.7. The second-order valence-electron chi connectivity index (χ2n) is 4.55. The van der Waals surface area contributed by atoms with E-state index in [2.05, 4.69) is 15.1 Å². The predicted molar refractivity (Wildman–Crippen MR) is 69.5 cm³/mol. The van der Waals surface area contributed by atoms with Crippen LogP contribution in [0.25, 0.3) is 16.8 Å². The molecule has 3 aromatic rings. The molecule has 0 aliphatic carbocycles. The zero-order chi connectivity index (χ0) is 16.6. The fourth-order valence-electron chi connectivity index (χ4n) is 2.03. The molecular formula is C14H7F5N4. The van der Waals surface area contributed by atoms with E-state index in [-0.39, 0.29) is 16.8 Å². The number of rotatable bonds is 2. The number of hydrogen-bond donors (Lipinski definition) is 0. The fraction of sp³-hybridized carbons (Fsp3) is 0.0714. The van der Waals surface area contributed by atoms with Crippen LogP contribution in [0.5, 0.6) is 0 Å². The molecule has 1 aromatic carbocycles. The van der Waals surface area contributed by atoms with Gasteiger partial charge in [0.05, 0.1) is 6.20 Å². The van der Waals surface area contributed by atoms with Gasteiger partial charge in [0.15, 0.2) is 11.5 Å². The molecule has 23 heavy (non-hydrogen) atoms. The van der Waals surface area contributed by atoms with Crippen molar-refractivity contribution in [1.29, 1.82) is 0 Å². The minimum atomic E-state index is -4.67. The molecule has 0 amide bonds. The smallest absolute Gasteiger partial charge is 0.244 e. The summed E-state index contributed by atoms with van der Waals surface area (Å²) < 4.78 is 66.5. The molecule has 0 aliphatic rings. The van der Waals surface area contributed by atoms with E-state index in [9.17, 15) is 22.0 Å². The van der Waals surface area contributed by atoms with E-state index in [1.54, 1.807) is 0 Å². The van der Waals surface area contributed by atoms with Gasteiger partial charge in [-0.3, -0.25) is 0 Å². The summed E-state index contributed by atoms with van der Waals surface area (Å²) in [4.78, 5) is 6.82. The number of alkyl halides is 3. The molecule has 0 N–H and O–H groups in total. The maximum Gasteiger partial charge on any atom is 0.434 e. The van der Waals surface area contributed by atoms with E-state index in [1.165, 1.54) is 6.20 Å². The Morgan fingerprint density at radius 2 is 1.83 bits per heavy atom. The van der Waals surface area contributed by atoms with E-state index < -0.39 is 23.5 Å². The molecule has 0 spiro atoms. The van der Waals surface area contributed by atoms with Gasteiger partial charge in [-0.15, -0.1) is 0 Å². The van der Waals surface area contributed by atoms with Gasteiger partial charge in [0, 0.05) is 29.6 Å². The van der Waals surface area contributed by atoms with Crippen LogP contribution in [0.4, 0.5) is 22.0 Å². The van der Waals surface area contributed by atoms with Gasteiger partial charge < -0.3 is 0 Å². The summed E-state index contributed by atoms with van der Waals surface area (Å²) in [7, 11) is 0. The molecule has 2 aromatic heterocycles. The van der Waals surface area contributed by atoms with Gasteiger partial charge in [-0.25, -0.2) is 23.4 Å². The summed E-state index contributed by atoms with van der Waals surface area (Å²) in [5.74, 6) is -1.66. The molecule has 118 valence electrons. The van der Waals surface area contributed by atoms with E-state index in [1.807, 2.05) is 0 Å². The third kappa shape index (κ3) is 2.89. The zero-order valence-corrected chi connectivity index (χ0v) is 11.2. The highest BCUT2D eigenvalue weighted by Gasteiger charge is 2.36. The van der Waals surface area contributed by atoms with Crippen molar-refractivity contribution in [1.82, 2.24) is 19.7 Å². The highest BCUT2D eigenvalue weighted by atomic mass is 19.4. The van der Waals surface area contributed by atoms with Crippen molar-refractivity contribution in [2.75, 3.05) is 0 Å². The van der Waals surface area contributed by atoms with Crippen molar-refractivity contribution in [3.63, 3.8) is 0 Å². The molecule has 0 saturated heterocycles. The topological polar surface area (TPSA) is 43.6 Å². The lowest BCUT2D eigenvalue weighted by Gasteiger charge is -2.09. The molecule has 0 saturated carbocycles. The lowest BCUT2D eigenvalue weighted by molar-refractivity contribution is -0.140. The normalized spacial score (nSPS) is 11.7. The number of hydrogen-bond acceptors (Lipinski definition) is 3. The van der Waals surface area contributed by atoms with E-state index in [0.717, 1.165) is 35.5 Å². The Labute approximate surface area is 126 Å². The summed E-state index contributed by atoms with van der Waals surface area (Å²) in [6, 6.07) is 2.81. The Kier molecular flexibility index (Phi) is 3.55. The van der Waals surface area contributed by atoms with Crippen LogP contribution in [0, 0.1) is 11.6 Å². The minimum Gasteiger partial charge on any atom is -0.244 e. The van der Waals surface area contributed by atoms with Gasteiger partial charge in [0.25, 0.3) is 0 Å². The van der Waals surface area contributed by atoms with Crippen LogP contribution >= 0.6 is 0 Å². The monoisotopic (exact) mass is 326 g/mol. The number of nitrogens with zero attached hydrogens (tertiary/aromatic N) is 4. The number of benzene rings is 1. The summed E-state index contributed by atoms with van der Waals surface area (Å²) in [6.07, 6.45) is -0.572. The molecule has 2 heterocycles. The van der Waals surface area contributed by atoms with E-state index >= 15 is 0 Å². The summed E-state index contributed by atoms with van der Waals surface area (Å²) in [5.41, 5.74) is -1.44. The molecule has 0 fully saturated rings. The van der Waals surface area contributed by atoms with E-state index in [0.29, 0.717) is 6.07 Å². The first kappa shape index (κ1) is 15.1. The van der Waals surface area contributed by atoms with Crippen molar-refractivity contribution < 1.29 is 22.0 Å². The van der Waals surface area contributed by atoms with Crippen LogP contribution < -0.4 is 0 Å². The summed E-state index contributed by atoms with van der Waals surface area (Å²) in [6.45, 7) is 0. The van der Waals surface area contributed by atoms with Crippen molar-refractivity contribution in [2.45, 2.75) is 6.18 Å². The van der Waals surface area contributed by atoms with Crippen LogP contribution in [0.3, 0.4) is 0 Å². The average molecular weight is 326 g/mol. The van der Waals surface area contributed by atoms with Crippen molar-refractivity contribution in [3.8, 4) is 16.8 Å². The SMILES string of the molecule is Fc1ccc(-n2cc(-c3cncnc3C(F)(F)F)cn2)c(F)c1. The van der Waals surface area contributed by atoms with Gasteiger partial charge in [0.2, 0.25) is 0 Å². The molecule has 0 aliphatic heterocycles. The zero-order valence-electron chi connectivity index (χ0n) is 11.2.